The highest BCUT2D eigenvalue weighted by atomic mass is 16.5. The Bertz CT molecular complexity index is 721. The first-order valence-corrected chi connectivity index (χ1v) is 6.77. The van der Waals surface area contributed by atoms with Gasteiger partial charge >= 0.3 is 6.03 Å². The van der Waals surface area contributed by atoms with Crippen molar-refractivity contribution < 1.29 is 23.9 Å². The third-order valence-corrected chi connectivity index (χ3v) is 2.55. The molecule has 0 aliphatic rings. The standard InChI is InChI=1S/C15H16N4O5/c1-2-23-12-6-9(3-4-11(12)24-8-13(17)20)5-10(7-16)14(21)19-15(18)22/h3-6H,2,8H2,1H3,(H2,17,20)(H3,18,19,21,22)/b10-5-. The molecular formula is C15H16N4O5. The van der Waals surface area contributed by atoms with E-state index in [2.05, 4.69) is 0 Å². The number of amides is 4. The largest absolute Gasteiger partial charge is 0.490 e. The minimum absolute atomic E-state index is 0.285. The summed E-state index contributed by atoms with van der Waals surface area (Å²) in [6, 6.07) is 5.15. The Labute approximate surface area is 137 Å². The number of nitriles is 1. The van der Waals surface area contributed by atoms with Gasteiger partial charge in [-0.05, 0) is 30.7 Å². The first-order chi connectivity index (χ1) is 11.4. The molecule has 0 spiro atoms. The Morgan fingerprint density at radius 2 is 1.96 bits per heavy atom. The van der Waals surface area contributed by atoms with Gasteiger partial charge in [-0.3, -0.25) is 14.9 Å². The van der Waals surface area contributed by atoms with Crippen LogP contribution >= 0.6 is 0 Å². The summed E-state index contributed by atoms with van der Waals surface area (Å²) in [4.78, 5) is 33.1. The van der Waals surface area contributed by atoms with Crippen LogP contribution in [0.3, 0.4) is 0 Å². The van der Waals surface area contributed by atoms with Crippen LogP contribution in [0.5, 0.6) is 11.5 Å². The fourth-order valence-corrected chi connectivity index (χ4v) is 1.65. The average Bonchev–Trinajstić information content (AvgIpc) is 2.51. The lowest BCUT2D eigenvalue weighted by Crippen LogP contribution is -2.35. The Hall–Kier alpha value is -3.54. The number of ether oxygens (including phenoxy) is 2. The molecule has 24 heavy (non-hydrogen) atoms. The molecule has 9 heteroatoms. The van der Waals surface area contributed by atoms with E-state index in [0.29, 0.717) is 17.9 Å². The molecule has 0 heterocycles. The fourth-order valence-electron chi connectivity index (χ4n) is 1.65. The van der Waals surface area contributed by atoms with Crippen molar-refractivity contribution >= 4 is 23.9 Å². The monoisotopic (exact) mass is 332 g/mol. The molecule has 0 bridgehead atoms. The normalized spacial score (nSPS) is 10.4. The minimum atomic E-state index is -1.06. The smallest absolute Gasteiger partial charge is 0.319 e. The zero-order valence-electron chi connectivity index (χ0n) is 12.9. The number of hydrogen-bond donors (Lipinski definition) is 3. The van der Waals surface area contributed by atoms with Crippen LogP contribution in [0.2, 0.25) is 0 Å². The first kappa shape index (κ1) is 18.5. The molecule has 1 aromatic carbocycles. The highest BCUT2D eigenvalue weighted by Crippen LogP contribution is 2.29. The van der Waals surface area contributed by atoms with Gasteiger partial charge in [-0.1, -0.05) is 6.07 Å². The van der Waals surface area contributed by atoms with Gasteiger partial charge in [0.2, 0.25) is 0 Å². The second kappa shape index (κ2) is 8.79. The van der Waals surface area contributed by atoms with Crippen LogP contribution in [0.25, 0.3) is 6.08 Å². The number of hydrogen-bond acceptors (Lipinski definition) is 6. The topological polar surface area (TPSA) is 158 Å². The van der Waals surface area contributed by atoms with Crippen molar-refractivity contribution in [3.05, 3.63) is 29.3 Å². The Kier molecular flexibility index (Phi) is 6.78. The summed E-state index contributed by atoms with van der Waals surface area (Å²) in [5.74, 6) is -0.971. The van der Waals surface area contributed by atoms with Gasteiger partial charge in [0.15, 0.2) is 18.1 Å². The summed E-state index contributed by atoms with van der Waals surface area (Å²) in [5.41, 5.74) is 9.99. The highest BCUT2D eigenvalue weighted by Gasteiger charge is 2.12. The van der Waals surface area contributed by atoms with Crippen LogP contribution in [0.1, 0.15) is 12.5 Å². The number of carbonyl (C=O) groups is 3. The number of nitrogens with two attached hydrogens (primary N) is 2. The number of nitrogens with one attached hydrogen (secondary N) is 1. The Morgan fingerprint density at radius 3 is 2.50 bits per heavy atom. The molecule has 5 N–H and O–H groups in total. The van der Waals surface area contributed by atoms with Crippen molar-refractivity contribution in [1.82, 2.24) is 5.32 Å². The van der Waals surface area contributed by atoms with E-state index in [4.69, 9.17) is 26.2 Å². The van der Waals surface area contributed by atoms with Gasteiger partial charge in [0.05, 0.1) is 6.61 Å². The summed E-state index contributed by atoms with van der Waals surface area (Å²) in [5, 5.41) is 10.8. The van der Waals surface area contributed by atoms with E-state index in [1.807, 2.05) is 0 Å². The highest BCUT2D eigenvalue weighted by molar-refractivity contribution is 6.08. The lowest BCUT2D eigenvalue weighted by molar-refractivity contribution is -0.120. The van der Waals surface area contributed by atoms with E-state index in [1.165, 1.54) is 24.3 Å². The second-order valence-electron chi connectivity index (χ2n) is 4.38. The van der Waals surface area contributed by atoms with Crippen LogP contribution in [0.4, 0.5) is 4.79 Å². The molecule has 4 amide bonds. The van der Waals surface area contributed by atoms with Crippen molar-refractivity contribution in [3.8, 4) is 17.6 Å². The van der Waals surface area contributed by atoms with Crippen molar-refractivity contribution in [2.75, 3.05) is 13.2 Å². The van der Waals surface area contributed by atoms with Gasteiger partial charge in [-0.2, -0.15) is 5.26 Å². The third-order valence-electron chi connectivity index (χ3n) is 2.55. The minimum Gasteiger partial charge on any atom is -0.490 e. The van der Waals surface area contributed by atoms with Crippen LogP contribution in [-0.4, -0.2) is 31.1 Å². The quantitative estimate of drug-likeness (QED) is 0.473. The third kappa shape index (κ3) is 5.69. The summed E-state index contributed by atoms with van der Waals surface area (Å²) in [6.45, 7) is 1.76. The number of rotatable bonds is 7. The number of benzene rings is 1. The van der Waals surface area contributed by atoms with Gasteiger partial charge in [0, 0.05) is 0 Å². The number of primary amides is 2. The van der Waals surface area contributed by atoms with Gasteiger partial charge in [-0.15, -0.1) is 0 Å². The molecular weight excluding hydrogens is 316 g/mol. The van der Waals surface area contributed by atoms with E-state index >= 15 is 0 Å². The van der Waals surface area contributed by atoms with Crippen molar-refractivity contribution in [3.63, 3.8) is 0 Å². The summed E-state index contributed by atoms with van der Waals surface area (Å²) in [7, 11) is 0. The predicted molar refractivity (Wildman–Crippen MR) is 83.6 cm³/mol. The predicted octanol–water partition coefficient (Wildman–Crippen LogP) is 0.0513. The maximum absolute atomic E-state index is 11.6. The molecule has 0 atom stereocenters. The maximum atomic E-state index is 11.6. The molecule has 0 aliphatic carbocycles. The number of nitrogens with zero attached hydrogens (tertiary/aromatic N) is 1. The molecule has 0 saturated heterocycles. The van der Waals surface area contributed by atoms with Crippen LogP contribution in [-0.2, 0) is 9.59 Å². The Balaban J connectivity index is 3.11. The molecule has 9 nitrogen and oxygen atoms in total. The van der Waals surface area contributed by atoms with E-state index in [9.17, 15) is 14.4 Å². The summed E-state index contributed by atoms with van der Waals surface area (Å²) < 4.78 is 10.6. The van der Waals surface area contributed by atoms with Crippen molar-refractivity contribution in [1.29, 1.82) is 5.26 Å². The van der Waals surface area contributed by atoms with E-state index in [-0.39, 0.29) is 17.9 Å². The second-order valence-corrected chi connectivity index (χ2v) is 4.38. The van der Waals surface area contributed by atoms with Crippen LogP contribution < -0.4 is 26.3 Å². The Morgan fingerprint density at radius 1 is 1.25 bits per heavy atom. The van der Waals surface area contributed by atoms with E-state index in [0.717, 1.165) is 0 Å². The average molecular weight is 332 g/mol. The molecule has 0 radical (unpaired) electrons. The molecule has 0 unspecified atom stereocenters. The molecule has 126 valence electrons. The molecule has 0 saturated carbocycles. The van der Waals surface area contributed by atoms with E-state index < -0.39 is 17.8 Å². The number of imide groups is 1. The fraction of sp³-hybridized carbons (Fsp3) is 0.200. The van der Waals surface area contributed by atoms with Crippen LogP contribution in [0, 0.1) is 11.3 Å². The molecule has 1 rings (SSSR count). The number of urea groups is 1. The summed E-state index contributed by atoms with van der Waals surface area (Å²) >= 11 is 0. The number of carbonyl (C=O) groups excluding carboxylic acids is 3. The molecule has 1 aromatic rings. The van der Waals surface area contributed by atoms with Gasteiger partial charge in [0.1, 0.15) is 11.6 Å². The lowest BCUT2D eigenvalue weighted by atomic mass is 10.1. The van der Waals surface area contributed by atoms with Crippen molar-refractivity contribution in [2.24, 2.45) is 11.5 Å². The zero-order chi connectivity index (χ0) is 18.1. The zero-order valence-corrected chi connectivity index (χ0v) is 12.9. The summed E-state index contributed by atoms with van der Waals surface area (Å²) in [6.07, 6.45) is 1.25. The van der Waals surface area contributed by atoms with Gasteiger partial charge in [-0.25, -0.2) is 4.79 Å². The molecule has 0 fully saturated rings. The molecule has 0 aromatic heterocycles. The van der Waals surface area contributed by atoms with Gasteiger partial charge in [0.25, 0.3) is 11.8 Å². The molecule has 0 aliphatic heterocycles. The van der Waals surface area contributed by atoms with Gasteiger partial charge < -0.3 is 20.9 Å². The lowest BCUT2D eigenvalue weighted by Gasteiger charge is -2.11. The maximum Gasteiger partial charge on any atom is 0.319 e. The van der Waals surface area contributed by atoms with E-state index in [1.54, 1.807) is 18.3 Å². The van der Waals surface area contributed by atoms with Crippen LogP contribution in [0.15, 0.2) is 23.8 Å². The van der Waals surface area contributed by atoms with Crippen molar-refractivity contribution in [2.45, 2.75) is 6.92 Å². The first-order valence-electron chi connectivity index (χ1n) is 6.77. The SMILES string of the molecule is CCOc1cc(/C=C(/C#N)C(=O)NC(N)=O)ccc1OCC(N)=O.